The molecule has 0 aliphatic heterocycles. The summed E-state index contributed by atoms with van der Waals surface area (Å²) in [6.07, 6.45) is 3.69. The Morgan fingerprint density at radius 1 is 0.864 bits per heavy atom. The van der Waals surface area contributed by atoms with E-state index in [1.165, 1.54) is 41.3 Å². The Morgan fingerprint density at radius 2 is 1.55 bits per heavy atom. The standard InChI is InChI=1S/C20H21N.HI/c1-3-4-5-16-7-10-17(11-8-16)19-13-12-18-9-6-15(2)21-20(18)14-19;/h6-14H,3-5H2,1-2H3;1H. The fraction of sp³-hybridized carbons (Fsp3) is 0.250. The Bertz CT molecular complexity index is 747. The van der Waals surface area contributed by atoms with Gasteiger partial charge in [-0.15, -0.1) is 24.0 Å². The summed E-state index contributed by atoms with van der Waals surface area (Å²) in [6.45, 7) is 4.27. The van der Waals surface area contributed by atoms with E-state index in [2.05, 4.69) is 66.5 Å². The third kappa shape index (κ3) is 3.86. The number of unbranched alkanes of at least 4 members (excludes halogenated alkanes) is 1. The monoisotopic (exact) mass is 403 g/mol. The van der Waals surface area contributed by atoms with Gasteiger partial charge in [0.2, 0.25) is 0 Å². The molecule has 2 heteroatoms. The summed E-state index contributed by atoms with van der Waals surface area (Å²) in [5, 5.41) is 1.20. The number of halogens is 1. The van der Waals surface area contributed by atoms with Gasteiger partial charge >= 0.3 is 0 Å². The molecule has 0 bridgehead atoms. The van der Waals surface area contributed by atoms with E-state index in [4.69, 9.17) is 0 Å². The summed E-state index contributed by atoms with van der Waals surface area (Å²) < 4.78 is 0. The summed E-state index contributed by atoms with van der Waals surface area (Å²) in [5.41, 5.74) is 6.07. The van der Waals surface area contributed by atoms with Gasteiger partial charge in [-0.1, -0.05) is 55.8 Å². The van der Waals surface area contributed by atoms with Crippen LogP contribution in [0.4, 0.5) is 0 Å². The molecule has 2 aromatic carbocycles. The lowest BCUT2D eigenvalue weighted by atomic mass is 10.0. The number of hydrogen-bond donors (Lipinski definition) is 0. The molecule has 0 aliphatic carbocycles. The van der Waals surface area contributed by atoms with Crippen LogP contribution >= 0.6 is 24.0 Å². The van der Waals surface area contributed by atoms with Gasteiger partial charge in [-0.3, -0.25) is 4.98 Å². The number of aryl methyl sites for hydroxylation is 2. The normalized spacial score (nSPS) is 10.5. The molecule has 0 amide bonds. The first kappa shape index (κ1) is 16.9. The van der Waals surface area contributed by atoms with Crippen molar-refractivity contribution < 1.29 is 0 Å². The lowest BCUT2D eigenvalue weighted by Crippen LogP contribution is -1.87. The number of benzene rings is 2. The molecule has 0 N–H and O–H groups in total. The van der Waals surface area contributed by atoms with Crippen LogP contribution in [-0.2, 0) is 6.42 Å². The van der Waals surface area contributed by atoms with E-state index in [0.717, 1.165) is 11.2 Å². The summed E-state index contributed by atoms with van der Waals surface area (Å²) in [4.78, 5) is 4.62. The van der Waals surface area contributed by atoms with Crippen LogP contribution in [0.5, 0.6) is 0 Å². The Labute approximate surface area is 149 Å². The second-order valence-electron chi connectivity index (χ2n) is 5.66. The predicted octanol–water partition coefficient (Wildman–Crippen LogP) is 6.17. The van der Waals surface area contributed by atoms with Crippen LogP contribution in [0.2, 0.25) is 0 Å². The van der Waals surface area contributed by atoms with Crippen LogP contribution in [0.25, 0.3) is 22.0 Å². The Morgan fingerprint density at radius 3 is 2.27 bits per heavy atom. The maximum atomic E-state index is 4.62. The van der Waals surface area contributed by atoms with E-state index in [1.807, 2.05) is 6.92 Å². The van der Waals surface area contributed by atoms with E-state index in [1.54, 1.807) is 0 Å². The molecule has 0 atom stereocenters. The number of fused-ring (bicyclic) bond motifs is 1. The van der Waals surface area contributed by atoms with Crippen LogP contribution in [-0.4, -0.2) is 4.98 Å². The molecule has 3 rings (SSSR count). The van der Waals surface area contributed by atoms with Crippen molar-refractivity contribution in [3.8, 4) is 11.1 Å². The van der Waals surface area contributed by atoms with Gasteiger partial charge in [0.05, 0.1) is 5.52 Å². The third-order valence-corrected chi connectivity index (χ3v) is 3.94. The lowest BCUT2D eigenvalue weighted by molar-refractivity contribution is 0.795. The fourth-order valence-corrected chi connectivity index (χ4v) is 2.64. The van der Waals surface area contributed by atoms with Crippen molar-refractivity contribution in [2.24, 2.45) is 0 Å². The van der Waals surface area contributed by atoms with Gasteiger partial charge in [0.15, 0.2) is 0 Å². The average Bonchev–Trinajstić information content (AvgIpc) is 2.52. The van der Waals surface area contributed by atoms with Crippen molar-refractivity contribution in [1.82, 2.24) is 4.98 Å². The Hall–Kier alpha value is -1.42. The number of hydrogen-bond acceptors (Lipinski definition) is 1. The highest BCUT2D eigenvalue weighted by molar-refractivity contribution is 14.0. The largest absolute Gasteiger partial charge is 0.253 e. The molecule has 0 saturated carbocycles. The van der Waals surface area contributed by atoms with Crippen molar-refractivity contribution >= 4 is 34.9 Å². The zero-order chi connectivity index (χ0) is 14.7. The number of rotatable bonds is 4. The van der Waals surface area contributed by atoms with Crippen molar-refractivity contribution in [1.29, 1.82) is 0 Å². The van der Waals surface area contributed by atoms with Crippen LogP contribution in [0, 0.1) is 6.92 Å². The summed E-state index contributed by atoms with van der Waals surface area (Å²) in [7, 11) is 0. The first-order valence-electron chi connectivity index (χ1n) is 7.73. The number of nitrogens with zero attached hydrogens (tertiary/aromatic N) is 1. The molecule has 0 fully saturated rings. The van der Waals surface area contributed by atoms with E-state index in [9.17, 15) is 0 Å². The van der Waals surface area contributed by atoms with E-state index >= 15 is 0 Å². The van der Waals surface area contributed by atoms with Gasteiger partial charge in [-0.2, -0.15) is 0 Å². The van der Waals surface area contributed by atoms with Gasteiger partial charge in [-0.25, -0.2) is 0 Å². The molecule has 1 aromatic heterocycles. The zero-order valence-electron chi connectivity index (χ0n) is 13.2. The quantitative estimate of drug-likeness (QED) is 0.475. The zero-order valence-corrected chi connectivity index (χ0v) is 15.5. The number of pyridine rings is 1. The first-order chi connectivity index (χ1) is 10.3. The van der Waals surface area contributed by atoms with Crippen molar-refractivity contribution in [2.45, 2.75) is 33.1 Å². The van der Waals surface area contributed by atoms with Crippen molar-refractivity contribution in [3.05, 3.63) is 65.9 Å². The maximum Gasteiger partial charge on any atom is 0.0711 e. The van der Waals surface area contributed by atoms with Gasteiger partial charge < -0.3 is 0 Å². The minimum Gasteiger partial charge on any atom is -0.253 e. The molecule has 0 saturated heterocycles. The van der Waals surface area contributed by atoms with Gasteiger partial charge in [0.25, 0.3) is 0 Å². The highest BCUT2D eigenvalue weighted by Gasteiger charge is 2.02. The lowest BCUT2D eigenvalue weighted by Gasteiger charge is -2.06. The van der Waals surface area contributed by atoms with E-state index in [-0.39, 0.29) is 24.0 Å². The van der Waals surface area contributed by atoms with Crippen LogP contribution < -0.4 is 0 Å². The number of aromatic nitrogens is 1. The Balaban J connectivity index is 0.00000176. The second-order valence-corrected chi connectivity index (χ2v) is 5.66. The molecule has 1 nitrogen and oxygen atoms in total. The summed E-state index contributed by atoms with van der Waals surface area (Å²) in [5.74, 6) is 0. The van der Waals surface area contributed by atoms with Gasteiger partial charge in [0, 0.05) is 11.1 Å². The molecule has 22 heavy (non-hydrogen) atoms. The van der Waals surface area contributed by atoms with E-state index in [0.29, 0.717) is 0 Å². The molecule has 0 radical (unpaired) electrons. The summed E-state index contributed by atoms with van der Waals surface area (Å²) >= 11 is 0. The highest BCUT2D eigenvalue weighted by Crippen LogP contribution is 2.24. The van der Waals surface area contributed by atoms with E-state index < -0.39 is 0 Å². The SMILES string of the molecule is CCCCc1ccc(-c2ccc3ccc(C)nc3c2)cc1.I. The molecular weight excluding hydrogens is 381 g/mol. The molecule has 0 unspecified atom stereocenters. The Kier molecular flexibility index (Phi) is 5.95. The second kappa shape index (κ2) is 7.73. The minimum absolute atomic E-state index is 0. The molecular formula is C20H22IN. The van der Waals surface area contributed by atoms with Crippen LogP contribution in [0.1, 0.15) is 31.0 Å². The molecule has 3 aromatic rings. The van der Waals surface area contributed by atoms with Gasteiger partial charge in [-0.05, 0) is 48.6 Å². The molecule has 114 valence electrons. The van der Waals surface area contributed by atoms with Crippen molar-refractivity contribution in [3.63, 3.8) is 0 Å². The summed E-state index contributed by atoms with van der Waals surface area (Å²) in [6, 6.07) is 19.7. The topological polar surface area (TPSA) is 12.9 Å². The van der Waals surface area contributed by atoms with Gasteiger partial charge in [0.1, 0.15) is 0 Å². The van der Waals surface area contributed by atoms with Crippen molar-refractivity contribution in [2.75, 3.05) is 0 Å². The molecule has 0 spiro atoms. The van der Waals surface area contributed by atoms with Crippen LogP contribution in [0.15, 0.2) is 54.6 Å². The smallest absolute Gasteiger partial charge is 0.0711 e. The minimum atomic E-state index is 0. The third-order valence-electron chi connectivity index (χ3n) is 3.94. The average molecular weight is 403 g/mol. The predicted molar refractivity (Wildman–Crippen MR) is 106 cm³/mol. The highest BCUT2D eigenvalue weighted by atomic mass is 127. The fourth-order valence-electron chi connectivity index (χ4n) is 2.64. The molecule has 1 heterocycles. The van der Waals surface area contributed by atoms with Crippen LogP contribution in [0.3, 0.4) is 0 Å². The first-order valence-corrected chi connectivity index (χ1v) is 7.73. The molecule has 0 aliphatic rings. The maximum absolute atomic E-state index is 4.62.